The van der Waals surface area contributed by atoms with E-state index < -0.39 is 23.5 Å². The van der Waals surface area contributed by atoms with E-state index in [9.17, 15) is 19.1 Å². The number of rotatable bonds is 3. The van der Waals surface area contributed by atoms with Crippen LogP contribution in [-0.2, 0) is 16.0 Å². The number of Topliss-reactive ketones (excluding diaryl/α,β-unsaturated/α-hetero) is 1. The highest BCUT2D eigenvalue weighted by Crippen LogP contribution is 2.42. The Morgan fingerprint density at radius 3 is 2.78 bits per heavy atom. The number of nitrogens with zero attached hydrogens (tertiary/aromatic N) is 2. The molecule has 1 saturated heterocycles. The number of aliphatic hydroxyl groups is 1. The first-order valence-corrected chi connectivity index (χ1v) is 10.3. The van der Waals surface area contributed by atoms with Crippen molar-refractivity contribution >= 4 is 23.1 Å². The van der Waals surface area contributed by atoms with E-state index in [1.807, 2.05) is 0 Å². The Morgan fingerprint density at radius 1 is 1.12 bits per heavy atom. The maximum atomic E-state index is 13.9. The van der Waals surface area contributed by atoms with Gasteiger partial charge in [0.05, 0.1) is 18.2 Å². The van der Waals surface area contributed by atoms with Gasteiger partial charge >= 0.3 is 0 Å². The van der Waals surface area contributed by atoms with Gasteiger partial charge in [-0.15, -0.1) is 0 Å². The molecule has 6 nitrogen and oxygen atoms in total. The number of carbonyl (C=O) groups excluding carboxylic acids is 2. The predicted octanol–water partition coefficient (Wildman–Crippen LogP) is 4.17. The van der Waals surface area contributed by atoms with Crippen LogP contribution in [0.4, 0.5) is 10.1 Å². The van der Waals surface area contributed by atoms with Crippen LogP contribution in [0.3, 0.4) is 0 Å². The van der Waals surface area contributed by atoms with E-state index in [1.165, 1.54) is 29.3 Å². The summed E-state index contributed by atoms with van der Waals surface area (Å²) in [4.78, 5) is 31.5. The van der Waals surface area contributed by atoms with E-state index >= 15 is 0 Å². The lowest BCUT2D eigenvalue weighted by Crippen LogP contribution is -2.29. The number of ether oxygens (including phenoxy) is 1. The third-order valence-corrected chi connectivity index (χ3v) is 5.71. The fourth-order valence-corrected chi connectivity index (χ4v) is 4.24. The Balaban J connectivity index is 1.69. The highest BCUT2D eigenvalue weighted by Gasteiger charge is 2.47. The van der Waals surface area contributed by atoms with E-state index in [0.29, 0.717) is 17.7 Å². The van der Waals surface area contributed by atoms with Crippen molar-refractivity contribution in [3.8, 4) is 5.75 Å². The number of anilines is 1. The molecule has 32 heavy (non-hydrogen) atoms. The van der Waals surface area contributed by atoms with Gasteiger partial charge in [-0.1, -0.05) is 12.1 Å². The number of hydrogen-bond donors (Lipinski definition) is 1. The zero-order valence-corrected chi connectivity index (χ0v) is 17.0. The monoisotopic (exact) mass is 430 g/mol. The molecule has 0 saturated carbocycles. The molecule has 5 rings (SSSR count). The molecule has 3 heterocycles. The average Bonchev–Trinajstić information content (AvgIpc) is 3.09. The summed E-state index contributed by atoms with van der Waals surface area (Å²) in [5.41, 5.74) is 2.03. The summed E-state index contributed by atoms with van der Waals surface area (Å²) < 4.78 is 19.6. The van der Waals surface area contributed by atoms with Gasteiger partial charge in [0.15, 0.2) is 0 Å². The van der Waals surface area contributed by atoms with Crippen molar-refractivity contribution in [2.75, 3.05) is 11.5 Å². The molecule has 1 fully saturated rings. The van der Waals surface area contributed by atoms with Crippen LogP contribution in [-0.4, -0.2) is 28.4 Å². The molecule has 0 aliphatic carbocycles. The van der Waals surface area contributed by atoms with Gasteiger partial charge in [0.25, 0.3) is 11.7 Å². The highest BCUT2D eigenvalue weighted by atomic mass is 19.1. The molecule has 1 aromatic heterocycles. The molecule has 0 radical (unpaired) electrons. The lowest BCUT2D eigenvalue weighted by atomic mass is 9.94. The summed E-state index contributed by atoms with van der Waals surface area (Å²) in [5.74, 6) is -1.76. The Bertz CT molecular complexity index is 1260. The van der Waals surface area contributed by atoms with Gasteiger partial charge in [-0.05, 0) is 66.4 Å². The number of benzene rings is 2. The zero-order valence-electron chi connectivity index (χ0n) is 17.0. The van der Waals surface area contributed by atoms with Crippen molar-refractivity contribution in [2.24, 2.45) is 0 Å². The van der Waals surface area contributed by atoms with Crippen LogP contribution in [0.25, 0.3) is 5.76 Å². The van der Waals surface area contributed by atoms with Crippen molar-refractivity contribution in [3.63, 3.8) is 0 Å². The SMILES string of the molecule is O=C1C(=O)N(c2cccc(F)c2)C(c2cccnc2)/C1=C(/O)c1ccc2c(c1)CCCO2. The first-order valence-electron chi connectivity index (χ1n) is 10.3. The first kappa shape index (κ1) is 19.9. The molecule has 160 valence electrons. The molecule has 1 unspecified atom stereocenters. The summed E-state index contributed by atoms with van der Waals surface area (Å²) in [7, 11) is 0. The number of hydrogen-bond acceptors (Lipinski definition) is 5. The van der Waals surface area contributed by atoms with Gasteiger partial charge in [-0.3, -0.25) is 19.5 Å². The summed E-state index contributed by atoms with van der Waals surface area (Å²) >= 11 is 0. The lowest BCUT2D eigenvalue weighted by molar-refractivity contribution is -0.132. The second kappa shape index (κ2) is 7.92. The number of aromatic nitrogens is 1. The van der Waals surface area contributed by atoms with E-state index in [0.717, 1.165) is 24.2 Å². The van der Waals surface area contributed by atoms with Gasteiger partial charge < -0.3 is 9.84 Å². The van der Waals surface area contributed by atoms with Crippen LogP contribution >= 0.6 is 0 Å². The zero-order chi connectivity index (χ0) is 22.2. The number of aliphatic hydroxyl groups excluding tert-OH is 1. The second-order valence-corrected chi connectivity index (χ2v) is 7.71. The van der Waals surface area contributed by atoms with Crippen molar-refractivity contribution in [1.82, 2.24) is 4.98 Å². The molecular formula is C25H19FN2O4. The molecular weight excluding hydrogens is 411 g/mol. The Morgan fingerprint density at radius 2 is 2.00 bits per heavy atom. The number of pyridine rings is 1. The smallest absolute Gasteiger partial charge is 0.300 e. The van der Waals surface area contributed by atoms with E-state index in [1.54, 1.807) is 42.6 Å². The van der Waals surface area contributed by atoms with Crippen LogP contribution in [0.5, 0.6) is 5.75 Å². The number of halogens is 1. The molecule has 2 aromatic carbocycles. The van der Waals surface area contributed by atoms with Crippen LogP contribution in [0.15, 0.2) is 72.6 Å². The Hall–Kier alpha value is -4.00. The minimum absolute atomic E-state index is 0.0658. The predicted molar refractivity (Wildman–Crippen MR) is 116 cm³/mol. The maximum Gasteiger partial charge on any atom is 0.300 e. The summed E-state index contributed by atoms with van der Waals surface area (Å²) in [6, 6.07) is 13.1. The van der Waals surface area contributed by atoms with Crippen LogP contribution in [0.1, 0.15) is 29.2 Å². The number of amides is 1. The van der Waals surface area contributed by atoms with Crippen molar-refractivity contribution in [1.29, 1.82) is 0 Å². The summed E-state index contributed by atoms with van der Waals surface area (Å²) in [5, 5.41) is 11.2. The Labute approximate surface area is 183 Å². The fourth-order valence-electron chi connectivity index (χ4n) is 4.24. The molecule has 0 spiro atoms. The van der Waals surface area contributed by atoms with Gasteiger partial charge in [0.2, 0.25) is 0 Å². The van der Waals surface area contributed by atoms with E-state index in [4.69, 9.17) is 4.74 Å². The third-order valence-electron chi connectivity index (χ3n) is 5.71. The highest BCUT2D eigenvalue weighted by molar-refractivity contribution is 6.51. The fraction of sp³-hybridized carbons (Fsp3) is 0.160. The molecule has 1 atom stereocenters. The van der Waals surface area contributed by atoms with E-state index in [-0.39, 0.29) is 17.0 Å². The van der Waals surface area contributed by atoms with Gasteiger partial charge in [0, 0.05) is 23.6 Å². The topological polar surface area (TPSA) is 79.7 Å². The van der Waals surface area contributed by atoms with Crippen LogP contribution in [0.2, 0.25) is 0 Å². The standard InChI is InChI=1S/C25H19FN2O4/c26-18-6-1-7-19(13-18)28-22(17-4-2-10-27-14-17)21(24(30)25(28)31)23(29)16-8-9-20-15(12-16)5-3-11-32-20/h1-2,4,6-10,12-14,22,29H,3,5,11H2/b23-21-. The van der Waals surface area contributed by atoms with Gasteiger partial charge in [0.1, 0.15) is 17.3 Å². The molecule has 7 heteroatoms. The summed E-state index contributed by atoms with van der Waals surface area (Å²) in [6.07, 6.45) is 4.75. The van der Waals surface area contributed by atoms with Gasteiger partial charge in [-0.2, -0.15) is 0 Å². The number of carbonyl (C=O) groups is 2. The minimum atomic E-state index is -0.946. The normalized spacial score (nSPS) is 19.5. The van der Waals surface area contributed by atoms with Crippen molar-refractivity contribution in [3.05, 3.63) is 95.1 Å². The molecule has 1 amide bonds. The Kier molecular flexibility index (Phi) is 4.93. The molecule has 2 aliphatic rings. The van der Waals surface area contributed by atoms with E-state index in [2.05, 4.69) is 4.98 Å². The maximum absolute atomic E-state index is 13.9. The number of ketones is 1. The van der Waals surface area contributed by atoms with Crippen molar-refractivity contribution < 1.29 is 23.8 Å². The quantitative estimate of drug-likeness (QED) is 0.383. The molecule has 3 aromatic rings. The third kappa shape index (κ3) is 3.32. The van der Waals surface area contributed by atoms with Gasteiger partial charge in [-0.25, -0.2) is 4.39 Å². The summed E-state index contributed by atoms with van der Waals surface area (Å²) in [6.45, 7) is 0.637. The lowest BCUT2D eigenvalue weighted by Gasteiger charge is -2.25. The van der Waals surface area contributed by atoms with Crippen LogP contribution < -0.4 is 9.64 Å². The minimum Gasteiger partial charge on any atom is -0.507 e. The molecule has 2 aliphatic heterocycles. The average molecular weight is 430 g/mol. The van der Waals surface area contributed by atoms with Crippen LogP contribution in [0, 0.1) is 5.82 Å². The first-order chi connectivity index (χ1) is 15.5. The number of fused-ring (bicyclic) bond motifs is 1. The molecule has 1 N–H and O–H groups in total. The second-order valence-electron chi connectivity index (χ2n) is 7.71. The largest absolute Gasteiger partial charge is 0.507 e. The van der Waals surface area contributed by atoms with Crippen molar-refractivity contribution in [2.45, 2.75) is 18.9 Å². The number of aryl methyl sites for hydroxylation is 1. The molecule has 0 bridgehead atoms.